The van der Waals surface area contributed by atoms with Crippen molar-refractivity contribution in [3.8, 4) is 5.75 Å². The average molecular weight is 325 g/mol. The SMILES string of the molecule is CC(O)(CNC(=O)COc1ccccc1)c1cc2ccccc2o1. The monoisotopic (exact) mass is 325 g/mol. The largest absolute Gasteiger partial charge is 0.484 e. The number of nitrogens with one attached hydrogen (secondary N) is 1. The van der Waals surface area contributed by atoms with Crippen molar-refractivity contribution in [2.45, 2.75) is 12.5 Å². The van der Waals surface area contributed by atoms with Crippen molar-refractivity contribution < 1.29 is 19.1 Å². The Bertz CT molecular complexity index is 791. The molecule has 3 rings (SSSR count). The second-order valence-electron chi connectivity index (χ2n) is 5.80. The van der Waals surface area contributed by atoms with Crippen LogP contribution in [-0.4, -0.2) is 24.2 Å². The Morgan fingerprint density at radius 3 is 2.62 bits per heavy atom. The fraction of sp³-hybridized carbons (Fsp3) is 0.211. The van der Waals surface area contributed by atoms with Gasteiger partial charge in [0.1, 0.15) is 22.7 Å². The van der Waals surface area contributed by atoms with Crippen molar-refractivity contribution in [1.82, 2.24) is 5.32 Å². The Morgan fingerprint density at radius 2 is 1.88 bits per heavy atom. The van der Waals surface area contributed by atoms with Crippen molar-refractivity contribution in [2.75, 3.05) is 13.2 Å². The van der Waals surface area contributed by atoms with E-state index in [2.05, 4.69) is 5.32 Å². The molecular weight excluding hydrogens is 306 g/mol. The van der Waals surface area contributed by atoms with E-state index in [0.29, 0.717) is 17.1 Å². The minimum Gasteiger partial charge on any atom is -0.484 e. The van der Waals surface area contributed by atoms with E-state index in [1.807, 2.05) is 42.5 Å². The van der Waals surface area contributed by atoms with E-state index in [0.717, 1.165) is 5.39 Å². The van der Waals surface area contributed by atoms with E-state index in [1.165, 1.54) is 0 Å². The molecule has 124 valence electrons. The minimum absolute atomic E-state index is 0.0316. The van der Waals surface area contributed by atoms with Crippen LogP contribution in [-0.2, 0) is 10.4 Å². The molecule has 0 spiro atoms. The molecule has 24 heavy (non-hydrogen) atoms. The molecule has 1 aromatic heterocycles. The lowest BCUT2D eigenvalue weighted by molar-refractivity contribution is -0.124. The summed E-state index contributed by atoms with van der Waals surface area (Å²) < 4.78 is 11.0. The van der Waals surface area contributed by atoms with Gasteiger partial charge >= 0.3 is 0 Å². The molecule has 0 aliphatic rings. The molecule has 1 heterocycles. The third kappa shape index (κ3) is 3.75. The van der Waals surface area contributed by atoms with Crippen molar-refractivity contribution in [3.63, 3.8) is 0 Å². The lowest BCUT2D eigenvalue weighted by Crippen LogP contribution is -2.40. The smallest absolute Gasteiger partial charge is 0.258 e. The molecule has 0 saturated heterocycles. The fourth-order valence-electron chi connectivity index (χ4n) is 2.32. The van der Waals surface area contributed by atoms with Crippen LogP contribution < -0.4 is 10.1 Å². The normalized spacial score (nSPS) is 13.4. The summed E-state index contributed by atoms with van der Waals surface area (Å²) in [6.07, 6.45) is 0. The maximum atomic E-state index is 11.9. The number of fused-ring (bicyclic) bond motifs is 1. The first-order valence-corrected chi connectivity index (χ1v) is 7.70. The molecule has 0 aliphatic heterocycles. The van der Waals surface area contributed by atoms with Crippen LogP contribution in [0.3, 0.4) is 0 Å². The molecule has 1 unspecified atom stereocenters. The zero-order chi connectivity index (χ0) is 17.0. The maximum Gasteiger partial charge on any atom is 0.258 e. The number of hydrogen-bond donors (Lipinski definition) is 2. The summed E-state index contributed by atoms with van der Waals surface area (Å²) in [7, 11) is 0. The molecule has 5 nitrogen and oxygen atoms in total. The summed E-state index contributed by atoms with van der Waals surface area (Å²) in [5.41, 5.74) is -0.604. The Hall–Kier alpha value is -2.79. The molecule has 3 aromatic rings. The van der Waals surface area contributed by atoms with Crippen LogP contribution in [0.5, 0.6) is 5.75 Å². The third-order valence-electron chi connectivity index (χ3n) is 3.70. The number of para-hydroxylation sites is 2. The van der Waals surface area contributed by atoms with Gasteiger partial charge in [-0.3, -0.25) is 4.79 Å². The number of carbonyl (C=O) groups excluding carboxylic acids is 1. The average Bonchev–Trinajstić information content (AvgIpc) is 3.04. The topological polar surface area (TPSA) is 71.7 Å². The predicted molar refractivity (Wildman–Crippen MR) is 90.7 cm³/mol. The van der Waals surface area contributed by atoms with Crippen LogP contribution in [0.1, 0.15) is 12.7 Å². The van der Waals surface area contributed by atoms with Crippen molar-refractivity contribution in [1.29, 1.82) is 0 Å². The molecule has 1 atom stereocenters. The number of rotatable bonds is 6. The molecular formula is C19H19NO4. The molecule has 0 bridgehead atoms. The summed E-state index contributed by atoms with van der Waals surface area (Å²) in [5, 5.41) is 14.1. The number of furan rings is 1. The summed E-state index contributed by atoms with van der Waals surface area (Å²) >= 11 is 0. The molecule has 2 aromatic carbocycles. The van der Waals surface area contributed by atoms with Gasteiger partial charge in [0.15, 0.2) is 6.61 Å². The zero-order valence-corrected chi connectivity index (χ0v) is 13.4. The molecule has 2 N–H and O–H groups in total. The van der Waals surface area contributed by atoms with Crippen LogP contribution >= 0.6 is 0 Å². The van der Waals surface area contributed by atoms with Gasteiger partial charge in [-0.2, -0.15) is 0 Å². The van der Waals surface area contributed by atoms with E-state index in [9.17, 15) is 9.90 Å². The highest BCUT2D eigenvalue weighted by molar-refractivity contribution is 5.78. The second-order valence-corrected chi connectivity index (χ2v) is 5.80. The van der Waals surface area contributed by atoms with Gasteiger partial charge in [-0.05, 0) is 31.2 Å². The van der Waals surface area contributed by atoms with Crippen molar-refractivity contribution >= 4 is 16.9 Å². The third-order valence-corrected chi connectivity index (χ3v) is 3.70. The van der Waals surface area contributed by atoms with Crippen LogP contribution in [0, 0.1) is 0 Å². The standard InChI is InChI=1S/C19H19NO4/c1-19(22,17-11-14-7-5-6-10-16(14)24-17)13-20-18(21)12-23-15-8-3-2-4-9-15/h2-11,22H,12-13H2,1H3,(H,20,21). The number of ether oxygens (including phenoxy) is 1. The molecule has 0 fully saturated rings. The Balaban J connectivity index is 1.57. The predicted octanol–water partition coefficient (Wildman–Crippen LogP) is 2.84. The number of aliphatic hydroxyl groups is 1. The summed E-state index contributed by atoms with van der Waals surface area (Å²) in [4.78, 5) is 11.9. The maximum absolute atomic E-state index is 11.9. The van der Waals surface area contributed by atoms with Crippen molar-refractivity contribution in [3.05, 3.63) is 66.4 Å². The van der Waals surface area contributed by atoms with Gasteiger partial charge in [-0.25, -0.2) is 0 Å². The first kappa shape index (κ1) is 16.1. The van der Waals surface area contributed by atoms with Gasteiger partial charge < -0.3 is 19.6 Å². The van der Waals surface area contributed by atoms with E-state index in [4.69, 9.17) is 9.15 Å². The van der Waals surface area contributed by atoms with E-state index in [1.54, 1.807) is 25.1 Å². The molecule has 1 amide bonds. The number of benzene rings is 2. The van der Waals surface area contributed by atoms with E-state index >= 15 is 0 Å². The Morgan fingerprint density at radius 1 is 1.17 bits per heavy atom. The number of hydrogen-bond acceptors (Lipinski definition) is 4. The summed E-state index contributed by atoms with van der Waals surface area (Å²) in [6, 6.07) is 18.4. The van der Waals surface area contributed by atoms with Gasteiger partial charge in [0, 0.05) is 5.39 Å². The lowest BCUT2D eigenvalue weighted by Gasteiger charge is -2.21. The zero-order valence-electron chi connectivity index (χ0n) is 13.4. The van der Waals surface area contributed by atoms with Crippen molar-refractivity contribution in [2.24, 2.45) is 0 Å². The first-order valence-electron chi connectivity index (χ1n) is 7.70. The van der Waals surface area contributed by atoms with E-state index < -0.39 is 5.60 Å². The fourth-order valence-corrected chi connectivity index (χ4v) is 2.32. The van der Waals surface area contributed by atoms with Gasteiger partial charge in [0.2, 0.25) is 0 Å². The van der Waals surface area contributed by atoms with Gasteiger partial charge in [-0.1, -0.05) is 36.4 Å². The quantitative estimate of drug-likeness (QED) is 0.731. The number of carbonyl (C=O) groups is 1. The number of amides is 1. The minimum atomic E-state index is -1.30. The Kier molecular flexibility index (Phi) is 4.53. The van der Waals surface area contributed by atoms with Gasteiger partial charge in [-0.15, -0.1) is 0 Å². The second kappa shape index (κ2) is 6.76. The first-order chi connectivity index (χ1) is 11.5. The Labute approximate surface area is 139 Å². The van der Waals surface area contributed by atoms with E-state index in [-0.39, 0.29) is 19.1 Å². The van der Waals surface area contributed by atoms with Crippen LogP contribution in [0.4, 0.5) is 0 Å². The molecule has 0 radical (unpaired) electrons. The summed E-state index contributed by atoms with van der Waals surface area (Å²) in [5.74, 6) is 0.722. The highest BCUT2D eigenvalue weighted by atomic mass is 16.5. The molecule has 0 aliphatic carbocycles. The van der Waals surface area contributed by atoms with Gasteiger partial charge in [0.25, 0.3) is 5.91 Å². The highest BCUT2D eigenvalue weighted by Gasteiger charge is 2.28. The van der Waals surface area contributed by atoms with Crippen LogP contribution in [0.2, 0.25) is 0 Å². The van der Waals surface area contributed by atoms with Crippen LogP contribution in [0.25, 0.3) is 11.0 Å². The molecule has 0 saturated carbocycles. The molecule has 5 heteroatoms. The lowest BCUT2D eigenvalue weighted by atomic mass is 10.0. The van der Waals surface area contributed by atoms with Crippen LogP contribution in [0.15, 0.2) is 65.1 Å². The van der Waals surface area contributed by atoms with Gasteiger partial charge in [0.05, 0.1) is 6.54 Å². The summed E-state index contributed by atoms with van der Waals surface area (Å²) in [6.45, 7) is 1.52. The highest BCUT2D eigenvalue weighted by Crippen LogP contribution is 2.27.